The van der Waals surface area contributed by atoms with Crippen molar-refractivity contribution in [3.05, 3.63) is 83.1 Å². The largest absolute Gasteiger partial charge is 0.286 e. The van der Waals surface area contributed by atoms with E-state index in [1.54, 1.807) is 11.3 Å². The van der Waals surface area contributed by atoms with Crippen LogP contribution < -0.4 is 5.01 Å². The number of hydrogen-bond acceptors (Lipinski definition) is 4. The number of hydrazone groups is 1. The van der Waals surface area contributed by atoms with Crippen LogP contribution in [0.2, 0.25) is 0 Å². The molecular formula is C20H18N4S. The van der Waals surface area contributed by atoms with Crippen molar-refractivity contribution in [3.63, 3.8) is 0 Å². The number of fused-ring (bicyclic) bond motifs is 1. The van der Waals surface area contributed by atoms with E-state index in [9.17, 15) is 0 Å². The van der Waals surface area contributed by atoms with Gasteiger partial charge in [-0.05, 0) is 38.1 Å². The molecule has 0 amide bonds. The standard InChI is InChI=1S/C20H18N4S/c1-15-14-25-20-22-16(2)19(23(15)20)13-21-24(17-9-5-3-6-10-17)18-11-7-4-8-12-18/h3-14H,1-2H3/b21-13-. The number of hydrogen-bond donors (Lipinski definition) is 0. The Hall–Kier alpha value is -2.92. The Labute approximate surface area is 150 Å². The van der Waals surface area contributed by atoms with Crippen LogP contribution in [0, 0.1) is 13.8 Å². The third kappa shape index (κ3) is 2.94. The van der Waals surface area contributed by atoms with Gasteiger partial charge in [-0.1, -0.05) is 36.4 Å². The molecular weight excluding hydrogens is 328 g/mol. The summed E-state index contributed by atoms with van der Waals surface area (Å²) in [6.07, 6.45) is 1.90. The fourth-order valence-electron chi connectivity index (χ4n) is 2.81. The van der Waals surface area contributed by atoms with Crippen LogP contribution in [0.1, 0.15) is 17.1 Å². The van der Waals surface area contributed by atoms with Crippen molar-refractivity contribution in [2.75, 3.05) is 5.01 Å². The first-order chi connectivity index (χ1) is 12.2. The van der Waals surface area contributed by atoms with Crippen molar-refractivity contribution in [1.29, 1.82) is 0 Å². The van der Waals surface area contributed by atoms with Crippen LogP contribution in [0.3, 0.4) is 0 Å². The highest BCUT2D eigenvalue weighted by Gasteiger charge is 2.12. The average molecular weight is 346 g/mol. The molecule has 2 heterocycles. The number of benzene rings is 2. The van der Waals surface area contributed by atoms with Crippen molar-refractivity contribution in [3.8, 4) is 0 Å². The van der Waals surface area contributed by atoms with Gasteiger partial charge in [0.2, 0.25) is 0 Å². The van der Waals surface area contributed by atoms with E-state index in [4.69, 9.17) is 5.10 Å². The third-order valence-electron chi connectivity index (χ3n) is 4.05. The molecule has 2 aromatic heterocycles. The lowest BCUT2D eigenvalue weighted by Crippen LogP contribution is -2.10. The highest BCUT2D eigenvalue weighted by atomic mass is 32.1. The fraction of sp³-hybridized carbons (Fsp3) is 0.100. The molecule has 0 spiro atoms. The molecule has 0 fully saturated rings. The van der Waals surface area contributed by atoms with Crippen molar-refractivity contribution >= 4 is 33.9 Å². The Kier molecular flexibility index (Phi) is 4.07. The summed E-state index contributed by atoms with van der Waals surface area (Å²) in [5.74, 6) is 0. The monoisotopic (exact) mass is 346 g/mol. The van der Waals surface area contributed by atoms with Crippen molar-refractivity contribution in [2.45, 2.75) is 13.8 Å². The van der Waals surface area contributed by atoms with E-state index in [0.29, 0.717) is 0 Å². The quantitative estimate of drug-likeness (QED) is 0.376. The van der Waals surface area contributed by atoms with Crippen molar-refractivity contribution in [1.82, 2.24) is 9.38 Å². The minimum absolute atomic E-state index is 0.986. The van der Waals surface area contributed by atoms with E-state index in [0.717, 1.165) is 27.7 Å². The van der Waals surface area contributed by atoms with Crippen LogP contribution in [-0.2, 0) is 0 Å². The zero-order chi connectivity index (χ0) is 17.2. The molecule has 0 radical (unpaired) electrons. The smallest absolute Gasteiger partial charge is 0.194 e. The normalized spacial score (nSPS) is 11.4. The Balaban J connectivity index is 1.79. The molecule has 0 bridgehead atoms. The Morgan fingerprint density at radius 2 is 1.56 bits per heavy atom. The van der Waals surface area contributed by atoms with E-state index >= 15 is 0 Å². The number of imidazole rings is 1. The summed E-state index contributed by atoms with van der Waals surface area (Å²) in [7, 11) is 0. The zero-order valence-corrected chi connectivity index (χ0v) is 14.9. The van der Waals surface area contributed by atoms with Crippen LogP contribution in [0.5, 0.6) is 0 Å². The van der Waals surface area contributed by atoms with E-state index in [2.05, 4.69) is 46.0 Å². The summed E-state index contributed by atoms with van der Waals surface area (Å²) >= 11 is 1.65. The molecule has 0 unspecified atom stereocenters. The molecule has 0 aliphatic carbocycles. The SMILES string of the molecule is Cc1nc2scc(C)n2c1/C=N\N(c1ccccc1)c1ccccc1. The van der Waals surface area contributed by atoms with Crippen LogP contribution >= 0.6 is 11.3 Å². The molecule has 2 aromatic carbocycles. The number of para-hydroxylation sites is 2. The molecule has 4 rings (SSSR count). The second-order valence-corrected chi connectivity index (χ2v) is 6.64. The summed E-state index contributed by atoms with van der Waals surface area (Å²) in [6.45, 7) is 4.12. The minimum Gasteiger partial charge on any atom is -0.286 e. The van der Waals surface area contributed by atoms with Gasteiger partial charge in [0.15, 0.2) is 4.96 Å². The molecule has 5 heteroatoms. The topological polar surface area (TPSA) is 32.9 Å². The molecule has 0 atom stereocenters. The van der Waals surface area contributed by atoms with Gasteiger partial charge < -0.3 is 0 Å². The number of aryl methyl sites for hydroxylation is 2. The minimum atomic E-state index is 0.986. The van der Waals surface area contributed by atoms with Gasteiger partial charge in [-0.15, -0.1) is 11.3 Å². The van der Waals surface area contributed by atoms with Gasteiger partial charge in [0.05, 0.1) is 29.0 Å². The van der Waals surface area contributed by atoms with E-state index in [-0.39, 0.29) is 0 Å². The second-order valence-electron chi connectivity index (χ2n) is 5.80. The van der Waals surface area contributed by atoms with Crippen molar-refractivity contribution in [2.24, 2.45) is 5.10 Å². The molecule has 0 saturated heterocycles. The molecule has 0 N–H and O–H groups in total. The number of nitrogens with zero attached hydrogens (tertiary/aromatic N) is 4. The van der Waals surface area contributed by atoms with Gasteiger partial charge >= 0.3 is 0 Å². The van der Waals surface area contributed by atoms with Crippen LogP contribution in [0.25, 0.3) is 4.96 Å². The van der Waals surface area contributed by atoms with Gasteiger partial charge in [-0.25, -0.2) is 9.99 Å². The van der Waals surface area contributed by atoms with Crippen LogP contribution in [-0.4, -0.2) is 15.6 Å². The lowest BCUT2D eigenvalue weighted by atomic mass is 10.2. The number of aromatic nitrogens is 2. The third-order valence-corrected chi connectivity index (χ3v) is 4.99. The predicted molar refractivity (Wildman–Crippen MR) is 105 cm³/mol. The van der Waals surface area contributed by atoms with Crippen LogP contribution in [0.4, 0.5) is 11.4 Å². The summed E-state index contributed by atoms with van der Waals surface area (Å²) in [4.78, 5) is 5.63. The zero-order valence-electron chi connectivity index (χ0n) is 14.1. The first kappa shape index (κ1) is 15.6. The lowest BCUT2D eigenvalue weighted by molar-refractivity contribution is 1.07. The van der Waals surface area contributed by atoms with E-state index in [1.807, 2.05) is 54.5 Å². The predicted octanol–water partition coefficient (Wildman–Crippen LogP) is 5.18. The van der Waals surface area contributed by atoms with Gasteiger partial charge in [-0.2, -0.15) is 5.10 Å². The van der Waals surface area contributed by atoms with Gasteiger partial charge in [-0.3, -0.25) is 4.40 Å². The molecule has 25 heavy (non-hydrogen) atoms. The molecule has 4 nitrogen and oxygen atoms in total. The van der Waals surface area contributed by atoms with E-state index < -0.39 is 0 Å². The van der Waals surface area contributed by atoms with Gasteiger partial charge in [0, 0.05) is 11.1 Å². The fourth-order valence-corrected chi connectivity index (χ4v) is 3.73. The number of anilines is 2. The number of rotatable bonds is 4. The number of thiazole rings is 1. The highest BCUT2D eigenvalue weighted by Crippen LogP contribution is 2.26. The Bertz CT molecular complexity index is 976. The molecule has 0 aliphatic rings. The summed E-state index contributed by atoms with van der Waals surface area (Å²) in [5, 5.41) is 8.85. The average Bonchev–Trinajstić information content (AvgIpc) is 3.16. The first-order valence-corrected chi connectivity index (χ1v) is 8.99. The van der Waals surface area contributed by atoms with Gasteiger partial charge in [0.1, 0.15) is 0 Å². The molecule has 0 saturated carbocycles. The maximum absolute atomic E-state index is 4.79. The first-order valence-electron chi connectivity index (χ1n) is 8.11. The lowest BCUT2D eigenvalue weighted by Gasteiger charge is -2.19. The summed E-state index contributed by atoms with van der Waals surface area (Å²) in [6, 6.07) is 20.3. The maximum atomic E-state index is 4.79. The maximum Gasteiger partial charge on any atom is 0.194 e. The van der Waals surface area contributed by atoms with Crippen LogP contribution in [0.15, 0.2) is 71.1 Å². The second kappa shape index (κ2) is 6.53. The molecule has 4 aromatic rings. The van der Waals surface area contributed by atoms with Gasteiger partial charge in [0.25, 0.3) is 0 Å². The Morgan fingerprint density at radius 1 is 0.960 bits per heavy atom. The molecule has 0 aliphatic heterocycles. The molecule has 124 valence electrons. The van der Waals surface area contributed by atoms with E-state index in [1.165, 1.54) is 5.69 Å². The summed E-state index contributed by atoms with van der Waals surface area (Å²) < 4.78 is 2.15. The highest BCUT2D eigenvalue weighted by molar-refractivity contribution is 7.15. The summed E-state index contributed by atoms with van der Waals surface area (Å²) in [5.41, 5.74) is 5.22. The Morgan fingerprint density at radius 3 is 2.16 bits per heavy atom. The van der Waals surface area contributed by atoms with Crippen molar-refractivity contribution < 1.29 is 0 Å².